The number of nitrogens with one attached hydrogen (secondary N) is 1. The van der Waals surface area contributed by atoms with Crippen LogP contribution in [0, 0.1) is 18.2 Å². The van der Waals surface area contributed by atoms with E-state index in [1.807, 2.05) is 29.0 Å². The largest absolute Gasteiger partial charge is 0.465 e. The first-order chi connectivity index (χ1) is 23.1. The molecule has 0 atom stereocenters. The van der Waals surface area contributed by atoms with Crippen LogP contribution in [0.15, 0.2) is 41.3 Å². The van der Waals surface area contributed by atoms with E-state index in [1.54, 1.807) is 13.0 Å². The zero-order chi connectivity index (χ0) is 35.3. The van der Waals surface area contributed by atoms with Crippen molar-refractivity contribution in [3.8, 4) is 11.1 Å². The van der Waals surface area contributed by atoms with Crippen molar-refractivity contribution in [2.45, 2.75) is 97.1 Å². The van der Waals surface area contributed by atoms with E-state index in [4.69, 9.17) is 4.43 Å². The molecule has 264 valence electrons. The Morgan fingerprint density at radius 1 is 1.06 bits per heavy atom. The number of hydrogen-bond acceptors (Lipinski definition) is 5. The number of carboxylic acid groups (broad SMARTS) is 1. The van der Waals surface area contributed by atoms with Crippen molar-refractivity contribution in [1.82, 2.24) is 19.7 Å². The lowest BCUT2D eigenvalue weighted by Gasteiger charge is -2.46. The van der Waals surface area contributed by atoms with E-state index in [-0.39, 0.29) is 33.5 Å². The Hall–Kier alpha value is -3.54. The van der Waals surface area contributed by atoms with Crippen molar-refractivity contribution in [2.24, 2.45) is 5.41 Å². The van der Waals surface area contributed by atoms with Crippen molar-refractivity contribution in [1.29, 1.82) is 0 Å². The van der Waals surface area contributed by atoms with Gasteiger partial charge in [-0.1, -0.05) is 33.3 Å². The first-order valence-electron chi connectivity index (χ1n) is 17.7. The molecule has 1 saturated heterocycles. The van der Waals surface area contributed by atoms with E-state index in [0.717, 1.165) is 48.6 Å². The number of benzene rings is 2. The number of pyridine rings is 1. The van der Waals surface area contributed by atoms with Crippen LogP contribution in [0.3, 0.4) is 0 Å². The first kappa shape index (κ1) is 35.3. The van der Waals surface area contributed by atoms with Gasteiger partial charge in [0.05, 0.1) is 0 Å². The standard InChI is InChI=1S/C38H51FN4O5Si/c1-25-31(19-27(20-33(25)39)34(44)40-29-9-10-29)26-8-11-30-32(18-26)28(21-41-14-16-42(17-15-41)36(46)47)22-43(35(30)45)23-38(12-7-13-38)24-48-49(5,6)37(2,3)4/h8,11,18-20,22,29H,7,9-10,12-17,21,23-24H2,1-6H3,(H,40,44)(H,46,47). The van der Waals surface area contributed by atoms with Crippen LogP contribution in [0.2, 0.25) is 18.1 Å². The molecule has 9 nitrogen and oxygen atoms in total. The average Bonchev–Trinajstić information content (AvgIpc) is 3.85. The zero-order valence-corrected chi connectivity index (χ0v) is 30.8. The number of amides is 2. The first-order valence-corrected chi connectivity index (χ1v) is 20.6. The molecule has 49 heavy (non-hydrogen) atoms. The van der Waals surface area contributed by atoms with E-state index < -0.39 is 20.2 Å². The molecule has 1 aliphatic heterocycles. The van der Waals surface area contributed by atoms with Gasteiger partial charge in [0.15, 0.2) is 8.32 Å². The molecule has 2 aromatic carbocycles. The molecule has 3 aromatic rings. The van der Waals surface area contributed by atoms with Gasteiger partial charge in [0, 0.05) is 74.5 Å². The predicted octanol–water partition coefficient (Wildman–Crippen LogP) is 7.00. The summed E-state index contributed by atoms with van der Waals surface area (Å²) in [7, 11) is -1.98. The summed E-state index contributed by atoms with van der Waals surface area (Å²) >= 11 is 0. The number of rotatable bonds is 10. The van der Waals surface area contributed by atoms with Crippen molar-refractivity contribution < 1.29 is 23.5 Å². The van der Waals surface area contributed by atoms with Crippen LogP contribution in [-0.4, -0.2) is 78.6 Å². The highest BCUT2D eigenvalue weighted by molar-refractivity contribution is 6.74. The Labute approximate surface area is 289 Å². The van der Waals surface area contributed by atoms with Gasteiger partial charge in [-0.15, -0.1) is 0 Å². The zero-order valence-electron chi connectivity index (χ0n) is 29.8. The van der Waals surface area contributed by atoms with E-state index in [9.17, 15) is 19.5 Å². The number of carbonyl (C=O) groups excluding carboxylic acids is 1. The lowest BCUT2D eigenvalue weighted by molar-refractivity contribution is 0.0322. The van der Waals surface area contributed by atoms with Crippen molar-refractivity contribution in [3.05, 3.63) is 69.4 Å². The molecule has 1 aromatic heterocycles. The summed E-state index contributed by atoms with van der Waals surface area (Å²) < 4.78 is 23.8. The van der Waals surface area contributed by atoms with Gasteiger partial charge in [-0.2, -0.15) is 0 Å². The summed E-state index contributed by atoms with van der Waals surface area (Å²) in [6, 6.07) is 8.83. The van der Waals surface area contributed by atoms with Crippen LogP contribution in [0.1, 0.15) is 74.4 Å². The molecular formula is C38H51FN4O5Si. The van der Waals surface area contributed by atoms with Gasteiger partial charge in [0.1, 0.15) is 5.82 Å². The average molecular weight is 691 g/mol. The highest BCUT2D eigenvalue weighted by Gasteiger charge is 2.43. The Morgan fingerprint density at radius 3 is 2.35 bits per heavy atom. The molecule has 2 aliphatic carbocycles. The number of fused-ring (bicyclic) bond motifs is 1. The molecule has 2 heterocycles. The molecule has 0 unspecified atom stereocenters. The lowest BCUT2D eigenvalue weighted by Crippen LogP contribution is -2.48. The van der Waals surface area contributed by atoms with Gasteiger partial charge in [-0.3, -0.25) is 14.5 Å². The smallest absolute Gasteiger partial charge is 0.407 e. The number of aromatic nitrogens is 1. The topological polar surface area (TPSA) is 104 Å². The second-order valence-corrected chi connectivity index (χ2v) is 21.0. The molecule has 6 rings (SSSR count). The second kappa shape index (κ2) is 13.3. The molecule has 11 heteroatoms. The molecular weight excluding hydrogens is 640 g/mol. The van der Waals surface area contributed by atoms with Crippen LogP contribution >= 0.6 is 0 Å². The minimum atomic E-state index is -1.98. The van der Waals surface area contributed by atoms with E-state index >= 15 is 4.39 Å². The third kappa shape index (κ3) is 7.49. The van der Waals surface area contributed by atoms with Crippen molar-refractivity contribution in [2.75, 3.05) is 32.8 Å². The third-order valence-corrected chi connectivity index (χ3v) is 16.0. The number of nitrogens with zero attached hydrogens (tertiary/aromatic N) is 3. The fourth-order valence-electron chi connectivity index (χ4n) is 6.76. The van der Waals surface area contributed by atoms with Gasteiger partial charge in [-0.05, 0) is 103 Å². The highest BCUT2D eigenvalue weighted by atomic mass is 28.4. The summed E-state index contributed by atoms with van der Waals surface area (Å²) in [6.45, 7) is 16.7. The summed E-state index contributed by atoms with van der Waals surface area (Å²) in [6.07, 6.45) is 6.07. The minimum Gasteiger partial charge on any atom is -0.465 e. The summed E-state index contributed by atoms with van der Waals surface area (Å²) in [5, 5.41) is 13.9. The van der Waals surface area contributed by atoms with Gasteiger partial charge < -0.3 is 24.3 Å². The number of halogens is 1. The normalized spacial score (nSPS) is 18.4. The Morgan fingerprint density at radius 2 is 1.76 bits per heavy atom. The van der Waals surface area contributed by atoms with Gasteiger partial charge in [0.25, 0.3) is 11.5 Å². The fraction of sp³-hybridized carbons (Fsp3) is 0.553. The van der Waals surface area contributed by atoms with Crippen LogP contribution < -0.4 is 10.9 Å². The van der Waals surface area contributed by atoms with E-state index in [0.29, 0.717) is 62.4 Å². The Kier molecular flexibility index (Phi) is 9.58. The maximum Gasteiger partial charge on any atom is 0.407 e. The van der Waals surface area contributed by atoms with Gasteiger partial charge >= 0.3 is 6.09 Å². The summed E-state index contributed by atoms with van der Waals surface area (Å²) in [4.78, 5) is 42.3. The van der Waals surface area contributed by atoms with Gasteiger partial charge in [-0.25, -0.2) is 9.18 Å². The second-order valence-electron chi connectivity index (χ2n) is 16.2. The predicted molar refractivity (Wildman–Crippen MR) is 193 cm³/mol. The third-order valence-electron chi connectivity index (χ3n) is 11.5. The number of hydrogen-bond donors (Lipinski definition) is 2. The van der Waals surface area contributed by atoms with Crippen molar-refractivity contribution in [3.63, 3.8) is 0 Å². The Balaban J connectivity index is 1.38. The van der Waals surface area contributed by atoms with Crippen LogP contribution in [0.25, 0.3) is 21.9 Å². The molecule has 0 radical (unpaired) electrons. The lowest BCUT2D eigenvalue weighted by atomic mass is 9.69. The van der Waals surface area contributed by atoms with Crippen LogP contribution in [0.4, 0.5) is 9.18 Å². The molecule has 2 amide bonds. The van der Waals surface area contributed by atoms with Gasteiger partial charge in [0.2, 0.25) is 0 Å². The highest BCUT2D eigenvalue weighted by Crippen LogP contribution is 2.45. The summed E-state index contributed by atoms with van der Waals surface area (Å²) in [5.41, 5.74) is 2.86. The number of piperazine rings is 1. The molecule has 3 aliphatic rings. The van der Waals surface area contributed by atoms with Crippen LogP contribution in [-0.2, 0) is 17.5 Å². The maximum atomic E-state index is 15.3. The van der Waals surface area contributed by atoms with Crippen LogP contribution in [0.5, 0.6) is 0 Å². The fourth-order valence-corrected chi connectivity index (χ4v) is 7.86. The molecule has 0 spiro atoms. The monoisotopic (exact) mass is 690 g/mol. The SMILES string of the molecule is Cc1c(F)cc(C(=O)NC2CC2)cc1-c1ccc2c(=O)n(CC3(CO[Si](C)(C)C(C)(C)C)CCC3)cc(CN3CCN(C(=O)O)CC3)c2c1. The summed E-state index contributed by atoms with van der Waals surface area (Å²) in [5.74, 6) is -0.730. The molecule has 3 fully saturated rings. The van der Waals surface area contributed by atoms with E-state index in [1.165, 1.54) is 11.0 Å². The van der Waals surface area contributed by atoms with Crippen molar-refractivity contribution >= 4 is 31.1 Å². The minimum absolute atomic E-state index is 0.0694. The molecule has 2 N–H and O–H groups in total. The molecule has 0 bridgehead atoms. The number of carbonyl (C=O) groups is 2. The molecule has 2 saturated carbocycles. The Bertz CT molecular complexity index is 1820. The maximum absolute atomic E-state index is 15.3. The van der Waals surface area contributed by atoms with E-state index in [2.05, 4.69) is 44.1 Å². The quantitative estimate of drug-likeness (QED) is 0.222.